The SMILES string of the molecule is CCC/C=C/COC([Se])=Nc1ccccc1. The van der Waals surface area contributed by atoms with Crippen LogP contribution in [-0.2, 0) is 4.74 Å². The van der Waals surface area contributed by atoms with E-state index in [0.29, 0.717) is 11.4 Å². The van der Waals surface area contributed by atoms with E-state index in [-0.39, 0.29) is 0 Å². The molecule has 85 valence electrons. The second-order valence-electron chi connectivity index (χ2n) is 3.28. The van der Waals surface area contributed by atoms with Crippen molar-refractivity contribution < 1.29 is 4.74 Å². The third-order valence-corrected chi connectivity index (χ3v) is 2.34. The Labute approximate surface area is 105 Å². The number of ether oxygens (including phenoxy) is 1. The van der Waals surface area contributed by atoms with Crippen molar-refractivity contribution in [2.45, 2.75) is 19.8 Å². The van der Waals surface area contributed by atoms with Crippen molar-refractivity contribution in [2.24, 2.45) is 4.99 Å². The molecule has 0 aliphatic carbocycles. The van der Waals surface area contributed by atoms with Gasteiger partial charge in [0.25, 0.3) is 0 Å². The zero-order valence-corrected chi connectivity index (χ0v) is 11.1. The molecule has 0 saturated heterocycles. The molecule has 1 rings (SSSR count). The Balaban J connectivity index is 2.35. The van der Waals surface area contributed by atoms with Gasteiger partial charge in [-0.15, -0.1) is 0 Å². The summed E-state index contributed by atoms with van der Waals surface area (Å²) >= 11 is 2.81. The van der Waals surface area contributed by atoms with Gasteiger partial charge in [-0.05, 0) is 0 Å². The summed E-state index contributed by atoms with van der Waals surface area (Å²) in [7, 11) is 0. The van der Waals surface area contributed by atoms with Gasteiger partial charge in [0.1, 0.15) is 0 Å². The average molecular weight is 281 g/mol. The molecule has 0 unspecified atom stereocenters. The maximum absolute atomic E-state index is 5.40. The first-order chi connectivity index (χ1) is 7.83. The zero-order chi connectivity index (χ0) is 11.6. The van der Waals surface area contributed by atoms with Crippen molar-refractivity contribution in [1.29, 1.82) is 0 Å². The van der Waals surface area contributed by atoms with Crippen LogP contribution in [0.5, 0.6) is 0 Å². The third kappa shape index (κ3) is 5.74. The molecule has 0 fully saturated rings. The van der Waals surface area contributed by atoms with Crippen LogP contribution >= 0.6 is 0 Å². The number of hydrogen-bond donors (Lipinski definition) is 0. The van der Waals surface area contributed by atoms with Crippen LogP contribution < -0.4 is 0 Å². The fraction of sp³-hybridized carbons (Fsp3) is 0.308. The topological polar surface area (TPSA) is 21.6 Å². The number of rotatable bonds is 5. The summed E-state index contributed by atoms with van der Waals surface area (Å²) in [6, 6.07) is 9.74. The van der Waals surface area contributed by atoms with Crippen LogP contribution in [0.2, 0.25) is 0 Å². The zero-order valence-electron chi connectivity index (χ0n) is 9.43. The van der Waals surface area contributed by atoms with Crippen molar-refractivity contribution >= 4 is 26.5 Å². The normalized spacial score (nSPS) is 11.9. The fourth-order valence-electron chi connectivity index (χ4n) is 1.11. The predicted molar refractivity (Wildman–Crippen MR) is 69.3 cm³/mol. The van der Waals surface area contributed by atoms with Gasteiger partial charge in [0, 0.05) is 0 Å². The first-order valence-corrected chi connectivity index (χ1v) is 6.27. The Morgan fingerprint density at radius 1 is 1.31 bits per heavy atom. The molecule has 0 amide bonds. The van der Waals surface area contributed by atoms with Crippen LogP contribution in [0.1, 0.15) is 19.8 Å². The van der Waals surface area contributed by atoms with Crippen LogP contribution in [0.3, 0.4) is 0 Å². The molecule has 0 N–H and O–H groups in total. The molecule has 0 saturated carbocycles. The van der Waals surface area contributed by atoms with Crippen molar-refractivity contribution in [3.05, 3.63) is 42.5 Å². The molecule has 0 spiro atoms. The van der Waals surface area contributed by atoms with E-state index in [9.17, 15) is 0 Å². The fourth-order valence-corrected chi connectivity index (χ4v) is 1.48. The Hall–Kier alpha value is -1.05. The van der Waals surface area contributed by atoms with Gasteiger partial charge >= 0.3 is 105 Å². The van der Waals surface area contributed by atoms with Crippen molar-refractivity contribution in [2.75, 3.05) is 6.61 Å². The van der Waals surface area contributed by atoms with Crippen LogP contribution in [0, 0.1) is 0 Å². The molecule has 3 heteroatoms. The van der Waals surface area contributed by atoms with E-state index >= 15 is 0 Å². The van der Waals surface area contributed by atoms with Gasteiger partial charge in [0.2, 0.25) is 0 Å². The van der Waals surface area contributed by atoms with E-state index < -0.39 is 0 Å². The van der Waals surface area contributed by atoms with E-state index in [1.54, 1.807) is 0 Å². The van der Waals surface area contributed by atoms with E-state index in [2.05, 4.69) is 34.0 Å². The molecule has 1 aromatic rings. The minimum atomic E-state index is 0.568. The second-order valence-corrected chi connectivity index (χ2v) is 4.02. The van der Waals surface area contributed by atoms with Gasteiger partial charge in [-0.25, -0.2) is 0 Å². The number of allylic oxidation sites excluding steroid dienone is 1. The van der Waals surface area contributed by atoms with Crippen LogP contribution in [0.25, 0.3) is 0 Å². The Bertz CT molecular complexity index is 346. The summed E-state index contributed by atoms with van der Waals surface area (Å²) in [5, 5.41) is 0. The molecule has 0 aromatic heterocycles. The summed E-state index contributed by atoms with van der Waals surface area (Å²) in [5.41, 5.74) is 0.897. The van der Waals surface area contributed by atoms with Gasteiger partial charge < -0.3 is 0 Å². The molecular formula is C13H16NOSe. The molecule has 2 nitrogen and oxygen atoms in total. The number of hydrogen-bond acceptors (Lipinski definition) is 2. The maximum atomic E-state index is 5.40. The van der Waals surface area contributed by atoms with Gasteiger partial charge in [-0.2, -0.15) is 0 Å². The van der Waals surface area contributed by atoms with Gasteiger partial charge in [-0.3, -0.25) is 0 Å². The summed E-state index contributed by atoms with van der Waals surface area (Å²) in [4.78, 5) is 4.86. The Morgan fingerprint density at radius 2 is 2.06 bits per heavy atom. The molecule has 0 aliphatic rings. The van der Waals surface area contributed by atoms with E-state index in [4.69, 9.17) is 4.74 Å². The molecule has 1 radical (unpaired) electrons. The molecule has 0 atom stereocenters. The van der Waals surface area contributed by atoms with E-state index in [1.807, 2.05) is 36.4 Å². The summed E-state index contributed by atoms with van der Waals surface area (Å²) in [6.45, 7) is 2.72. The molecular weight excluding hydrogens is 265 g/mol. The molecule has 0 bridgehead atoms. The number of para-hydroxylation sites is 1. The Kier molecular flexibility index (Phi) is 6.62. The first-order valence-electron chi connectivity index (χ1n) is 5.41. The van der Waals surface area contributed by atoms with E-state index in [0.717, 1.165) is 12.1 Å². The average Bonchev–Trinajstić information content (AvgIpc) is 2.30. The van der Waals surface area contributed by atoms with Crippen LogP contribution in [0.15, 0.2) is 47.5 Å². The van der Waals surface area contributed by atoms with Crippen molar-refractivity contribution in [3.63, 3.8) is 0 Å². The van der Waals surface area contributed by atoms with Gasteiger partial charge in [-0.1, -0.05) is 0 Å². The second kappa shape index (κ2) is 8.14. The van der Waals surface area contributed by atoms with Crippen molar-refractivity contribution in [1.82, 2.24) is 0 Å². The number of aliphatic imine (C=N–C) groups is 1. The Morgan fingerprint density at radius 3 is 2.75 bits per heavy atom. The molecule has 1 aromatic carbocycles. The van der Waals surface area contributed by atoms with Crippen LogP contribution in [0.4, 0.5) is 5.69 Å². The molecule has 16 heavy (non-hydrogen) atoms. The summed E-state index contributed by atoms with van der Waals surface area (Å²) in [5.74, 6) is 0. The van der Waals surface area contributed by atoms with Crippen LogP contribution in [-0.4, -0.2) is 27.4 Å². The van der Waals surface area contributed by atoms with Gasteiger partial charge in [0.15, 0.2) is 0 Å². The predicted octanol–water partition coefficient (Wildman–Crippen LogP) is 3.22. The van der Waals surface area contributed by atoms with E-state index in [1.165, 1.54) is 6.42 Å². The summed E-state index contributed by atoms with van der Waals surface area (Å²) in [6.07, 6.45) is 6.40. The first kappa shape index (κ1) is 13.0. The van der Waals surface area contributed by atoms with Crippen molar-refractivity contribution in [3.8, 4) is 0 Å². The quantitative estimate of drug-likeness (QED) is 0.351. The third-order valence-electron chi connectivity index (χ3n) is 1.90. The number of nitrogens with zero attached hydrogens (tertiary/aromatic N) is 1. The number of benzene rings is 1. The van der Waals surface area contributed by atoms with Gasteiger partial charge in [0.05, 0.1) is 0 Å². The monoisotopic (exact) mass is 282 g/mol. The molecule has 0 aliphatic heterocycles. The number of unbranched alkanes of at least 4 members (excludes halogenated alkanes) is 1. The molecule has 0 heterocycles. The minimum absolute atomic E-state index is 0.568. The summed E-state index contributed by atoms with van der Waals surface area (Å²) < 4.78 is 5.40. The standard InChI is InChI=1S/C13H16NOSe/c1-2-3-4-8-11-15-13(16)14-12-9-6-5-7-10-12/h4-10H,2-3,11H2,1H3/b8-4+,14-13?.